The van der Waals surface area contributed by atoms with Crippen LogP contribution >= 0.6 is 0 Å². The normalized spacial score (nSPS) is 18.5. The van der Waals surface area contributed by atoms with Crippen LogP contribution in [0.4, 0.5) is 14.5 Å². The molecule has 110 valence electrons. The molecule has 3 N–H and O–H groups in total. The molecule has 0 heterocycles. The first kappa shape index (κ1) is 14.0. The fourth-order valence-electron chi connectivity index (χ4n) is 2.99. The Morgan fingerprint density at radius 3 is 2.71 bits per heavy atom. The minimum atomic E-state index is -0.812. The highest BCUT2D eigenvalue weighted by Gasteiger charge is 2.24. The first-order valence-electron chi connectivity index (χ1n) is 7.14. The fourth-order valence-corrected chi connectivity index (χ4v) is 2.99. The second-order valence-corrected chi connectivity index (χ2v) is 5.61. The molecule has 1 aliphatic carbocycles. The molecule has 4 heteroatoms. The van der Waals surface area contributed by atoms with Crippen molar-refractivity contribution in [2.75, 3.05) is 5.73 Å². The summed E-state index contributed by atoms with van der Waals surface area (Å²) in [5, 5.41) is 3.49. The van der Waals surface area contributed by atoms with E-state index in [-0.39, 0.29) is 12.1 Å². The summed E-state index contributed by atoms with van der Waals surface area (Å²) in [6.45, 7) is 1.96. The first-order valence-corrected chi connectivity index (χ1v) is 7.14. The highest BCUT2D eigenvalue weighted by atomic mass is 19.2. The lowest BCUT2D eigenvalue weighted by atomic mass is 10.0. The summed E-state index contributed by atoms with van der Waals surface area (Å²) in [6, 6.07) is 10.2. The van der Waals surface area contributed by atoms with Crippen molar-refractivity contribution in [3.8, 4) is 0 Å². The van der Waals surface area contributed by atoms with Crippen LogP contribution in [0.1, 0.15) is 42.1 Å². The molecule has 2 aromatic rings. The third-order valence-corrected chi connectivity index (χ3v) is 4.14. The zero-order valence-corrected chi connectivity index (χ0v) is 11.9. The lowest BCUT2D eigenvalue weighted by Gasteiger charge is -2.21. The van der Waals surface area contributed by atoms with Crippen LogP contribution in [-0.4, -0.2) is 0 Å². The van der Waals surface area contributed by atoms with Gasteiger partial charge in [-0.1, -0.05) is 12.1 Å². The molecule has 0 amide bonds. The number of rotatable bonds is 3. The van der Waals surface area contributed by atoms with Crippen molar-refractivity contribution in [3.05, 3.63) is 64.7 Å². The van der Waals surface area contributed by atoms with Crippen molar-refractivity contribution in [2.45, 2.75) is 31.8 Å². The monoisotopic (exact) mass is 288 g/mol. The number of fused-ring (bicyclic) bond motifs is 1. The molecule has 0 radical (unpaired) electrons. The van der Waals surface area contributed by atoms with Gasteiger partial charge in [-0.25, -0.2) is 8.78 Å². The molecule has 2 atom stereocenters. The van der Waals surface area contributed by atoms with Gasteiger partial charge in [-0.2, -0.15) is 0 Å². The molecule has 0 spiro atoms. The average Bonchev–Trinajstić information content (AvgIpc) is 2.84. The summed E-state index contributed by atoms with van der Waals surface area (Å²) >= 11 is 0. The maximum Gasteiger partial charge on any atom is 0.159 e. The topological polar surface area (TPSA) is 38.0 Å². The van der Waals surface area contributed by atoms with E-state index in [0.29, 0.717) is 0 Å². The Morgan fingerprint density at radius 1 is 1.14 bits per heavy atom. The summed E-state index contributed by atoms with van der Waals surface area (Å²) in [5.74, 6) is -1.62. The highest BCUT2D eigenvalue weighted by molar-refractivity contribution is 5.47. The molecular weight excluding hydrogens is 270 g/mol. The molecule has 2 aromatic carbocycles. The predicted octanol–water partition coefficient (Wildman–Crippen LogP) is 3.89. The van der Waals surface area contributed by atoms with Gasteiger partial charge in [0, 0.05) is 17.8 Å². The Balaban J connectivity index is 1.77. The summed E-state index contributed by atoms with van der Waals surface area (Å²) < 4.78 is 26.3. The van der Waals surface area contributed by atoms with Gasteiger partial charge in [0.2, 0.25) is 0 Å². The Hall–Kier alpha value is -1.94. The maximum absolute atomic E-state index is 13.3. The lowest BCUT2D eigenvalue weighted by molar-refractivity contribution is 0.458. The fraction of sp³-hybridized carbons (Fsp3) is 0.294. The Kier molecular flexibility index (Phi) is 3.64. The van der Waals surface area contributed by atoms with Crippen LogP contribution in [0.2, 0.25) is 0 Å². The minimum Gasteiger partial charge on any atom is -0.399 e. The predicted molar refractivity (Wildman–Crippen MR) is 79.8 cm³/mol. The molecule has 21 heavy (non-hydrogen) atoms. The summed E-state index contributed by atoms with van der Waals surface area (Å²) in [6.07, 6.45) is 1.98. The first-order chi connectivity index (χ1) is 10.0. The van der Waals surface area contributed by atoms with E-state index in [4.69, 9.17) is 5.73 Å². The SMILES string of the molecule is CC(NC1CCc2cc(N)ccc21)c1ccc(F)c(F)c1. The molecule has 2 nitrogen and oxygen atoms in total. The van der Waals surface area contributed by atoms with E-state index in [0.717, 1.165) is 24.1 Å². The molecular formula is C17H18F2N2. The zero-order chi connectivity index (χ0) is 15.0. The molecule has 0 saturated carbocycles. The highest BCUT2D eigenvalue weighted by Crippen LogP contribution is 2.34. The number of benzene rings is 2. The largest absolute Gasteiger partial charge is 0.399 e. The molecule has 0 aromatic heterocycles. The van der Waals surface area contributed by atoms with Gasteiger partial charge in [0.05, 0.1) is 0 Å². The summed E-state index contributed by atoms with van der Waals surface area (Å²) in [4.78, 5) is 0. The molecule has 3 rings (SSSR count). The Labute approximate surface area is 123 Å². The molecule has 2 unspecified atom stereocenters. The van der Waals surface area contributed by atoms with Crippen LogP contribution in [0.15, 0.2) is 36.4 Å². The number of nitrogens with two attached hydrogens (primary N) is 1. The van der Waals surface area contributed by atoms with Gasteiger partial charge >= 0.3 is 0 Å². The number of hydrogen-bond acceptors (Lipinski definition) is 2. The number of nitrogens with one attached hydrogen (secondary N) is 1. The standard InChI is InChI=1S/C17H18F2N2/c1-10(11-2-6-15(18)16(19)9-11)21-17-7-3-12-8-13(20)4-5-14(12)17/h2,4-6,8-10,17,21H,3,7,20H2,1H3. The summed E-state index contributed by atoms with van der Waals surface area (Å²) in [7, 11) is 0. The number of hydrogen-bond donors (Lipinski definition) is 2. The number of aryl methyl sites for hydroxylation is 1. The molecule has 0 bridgehead atoms. The van der Waals surface area contributed by atoms with Gasteiger partial charge in [-0.3, -0.25) is 0 Å². The number of halogens is 2. The minimum absolute atomic E-state index is 0.0476. The van der Waals surface area contributed by atoms with Crippen LogP contribution < -0.4 is 11.1 Å². The smallest absolute Gasteiger partial charge is 0.159 e. The van der Waals surface area contributed by atoms with Gasteiger partial charge in [0.15, 0.2) is 11.6 Å². The number of anilines is 1. The molecule has 0 saturated heterocycles. The molecule has 0 fully saturated rings. The van der Waals surface area contributed by atoms with Crippen molar-refractivity contribution in [1.29, 1.82) is 0 Å². The van der Waals surface area contributed by atoms with Gasteiger partial charge in [-0.15, -0.1) is 0 Å². The van der Waals surface area contributed by atoms with Gasteiger partial charge in [0.1, 0.15) is 0 Å². The Bertz CT molecular complexity index is 670. The maximum atomic E-state index is 13.3. The number of nitrogen functional groups attached to an aromatic ring is 1. The van der Waals surface area contributed by atoms with Crippen molar-refractivity contribution in [3.63, 3.8) is 0 Å². The molecule has 1 aliphatic rings. The second kappa shape index (κ2) is 5.45. The van der Waals surface area contributed by atoms with Crippen molar-refractivity contribution in [2.24, 2.45) is 0 Å². The van der Waals surface area contributed by atoms with Crippen LogP contribution in [0.25, 0.3) is 0 Å². The van der Waals surface area contributed by atoms with E-state index >= 15 is 0 Å². The Morgan fingerprint density at radius 2 is 1.95 bits per heavy atom. The molecule has 0 aliphatic heterocycles. The second-order valence-electron chi connectivity index (χ2n) is 5.61. The van der Waals surface area contributed by atoms with Crippen molar-refractivity contribution >= 4 is 5.69 Å². The lowest BCUT2D eigenvalue weighted by Crippen LogP contribution is -2.23. The van der Waals surface area contributed by atoms with E-state index < -0.39 is 11.6 Å². The quantitative estimate of drug-likeness (QED) is 0.841. The summed E-state index contributed by atoms with van der Waals surface area (Å²) in [5.41, 5.74) is 9.85. The van der Waals surface area contributed by atoms with Gasteiger partial charge in [0.25, 0.3) is 0 Å². The third-order valence-electron chi connectivity index (χ3n) is 4.14. The van der Waals surface area contributed by atoms with E-state index in [2.05, 4.69) is 5.32 Å². The van der Waals surface area contributed by atoms with E-state index in [1.165, 1.54) is 23.3 Å². The van der Waals surface area contributed by atoms with Crippen LogP contribution in [0.3, 0.4) is 0 Å². The van der Waals surface area contributed by atoms with E-state index in [9.17, 15) is 8.78 Å². The zero-order valence-electron chi connectivity index (χ0n) is 11.9. The van der Waals surface area contributed by atoms with Crippen molar-refractivity contribution < 1.29 is 8.78 Å². The average molecular weight is 288 g/mol. The van der Waals surface area contributed by atoms with Crippen LogP contribution in [0.5, 0.6) is 0 Å². The van der Waals surface area contributed by atoms with Crippen molar-refractivity contribution in [1.82, 2.24) is 5.32 Å². The van der Waals surface area contributed by atoms with E-state index in [1.54, 1.807) is 6.07 Å². The van der Waals surface area contributed by atoms with Gasteiger partial charge in [-0.05, 0) is 60.7 Å². The van der Waals surface area contributed by atoms with E-state index in [1.807, 2.05) is 25.1 Å². The third kappa shape index (κ3) is 2.76. The van der Waals surface area contributed by atoms with Crippen LogP contribution in [-0.2, 0) is 6.42 Å². The van der Waals surface area contributed by atoms with Crippen LogP contribution in [0, 0.1) is 11.6 Å². The van der Waals surface area contributed by atoms with Gasteiger partial charge < -0.3 is 11.1 Å².